The molecular weight excluding hydrogens is 294 g/mol. The van der Waals surface area contributed by atoms with Crippen molar-refractivity contribution in [2.75, 3.05) is 5.32 Å². The molecule has 0 bridgehead atoms. The van der Waals surface area contributed by atoms with Crippen LogP contribution in [0.3, 0.4) is 0 Å². The van der Waals surface area contributed by atoms with Gasteiger partial charge in [-0.15, -0.1) is 0 Å². The van der Waals surface area contributed by atoms with Crippen molar-refractivity contribution >= 4 is 29.2 Å². The second kappa shape index (κ2) is 6.28. The minimum Gasteiger partial charge on any atom is -0.872 e. The molecular formula is C15H11ClNO4-. The molecule has 2 aromatic rings. The van der Waals surface area contributed by atoms with E-state index in [9.17, 15) is 14.7 Å². The third kappa shape index (κ3) is 3.97. The standard InChI is InChI=1S/C15H12ClNO4/c16-10-3-1-9(2-4-10)7-14(19)17-11-5-6-13(18)12(8-11)15(20)21/h1-6,8,18H,7H2,(H,17,19)(H,20,21)/p-1. The number of carboxylic acids is 1. The molecule has 0 heterocycles. The number of anilines is 1. The summed E-state index contributed by atoms with van der Waals surface area (Å²) in [7, 11) is 0. The molecule has 0 aliphatic rings. The quantitative estimate of drug-likeness (QED) is 0.907. The average Bonchev–Trinajstić information content (AvgIpc) is 2.43. The molecule has 0 saturated carbocycles. The first-order valence-electron chi connectivity index (χ1n) is 6.04. The Hall–Kier alpha value is -2.53. The molecule has 0 atom stereocenters. The van der Waals surface area contributed by atoms with E-state index >= 15 is 0 Å². The summed E-state index contributed by atoms with van der Waals surface area (Å²) in [6.07, 6.45) is 0.124. The highest BCUT2D eigenvalue weighted by Gasteiger charge is 2.08. The zero-order valence-corrected chi connectivity index (χ0v) is 11.6. The van der Waals surface area contributed by atoms with Crippen molar-refractivity contribution in [3.05, 3.63) is 58.6 Å². The summed E-state index contributed by atoms with van der Waals surface area (Å²) in [5, 5.41) is 23.3. The highest BCUT2D eigenvalue weighted by molar-refractivity contribution is 6.30. The van der Waals surface area contributed by atoms with Gasteiger partial charge in [-0.05, 0) is 29.8 Å². The molecule has 0 unspecified atom stereocenters. The molecule has 0 radical (unpaired) electrons. The summed E-state index contributed by atoms with van der Waals surface area (Å²) >= 11 is 5.75. The zero-order valence-electron chi connectivity index (χ0n) is 10.8. The van der Waals surface area contributed by atoms with Crippen LogP contribution in [0.1, 0.15) is 15.9 Å². The van der Waals surface area contributed by atoms with Gasteiger partial charge in [-0.25, -0.2) is 4.79 Å². The van der Waals surface area contributed by atoms with Crippen LogP contribution in [0.25, 0.3) is 0 Å². The first kappa shape index (κ1) is 14.9. The van der Waals surface area contributed by atoms with Gasteiger partial charge in [0.2, 0.25) is 5.91 Å². The molecule has 108 valence electrons. The number of hydrogen-bond donors (Lipinski definition) is 2. The molecule has 1 amide bonds. The lowest BCUT2D eigenvalue weighted by Gasteiger charge is -2.12. The van der Waals surface area contributed by atoms with Crippen LogP contribution in [0.15, 0.2) is 42.5 Å². The lowest BCUT2D eigenvalue weighted by atomic mass is 10.1. The monoisotopic (exact) mass is 304 g/mol. The smallest absolute Gasteiger partial charge is 0.335 e. The van der Waals surface area contributed by atoms with Gasteiger partial charge in [-0.2, -0.15) is 0 Å². The van der Waals surface area contributed by atoms with E-state index in [-0.39, 0.29) is 23.6 Å². The number of nitrogens with one attached hydrogen (secondary N) is 1. The van der Waals surface area contributed by atoms with Gasteiger partial charge < -0.3 is 15.5 Å². The van der Waals surface area contributed by atoms with E-state index in [1.807, 2.05) is 0 Å². The molecule has 6 heteroatoms. The molecule has 0 aliphatic heterocycles. The van der Waals surface area contributed by atoms with Crippen LogP contribution in [0.4, 0.5) is 5.69 Å². The lowest BCUT2D eigenvalue weighted by Crippen LogP contribution is -2.15. The number of carbonyl (C=O) groups excluding carboxylic acids is 1. The average molecular weight is 305 g/mol. The fourth-order valence-electron chi connectivity index (χ4n) is 1.77. The van der Waals surface area contributed by atoms with Gasteiger partial charge in [-0.3, -0.25) is 4.79 Å². The van der Waals surface area contributed by atoms with E-state index in [1.165, 1.54) is 6.07 Å². The Labute approximate surface area is 125 Å². The summed E-state index contributed by atoms with van der Waals surface area (Å²) in [6.45, 7) is 0. The molecule has 0 spiro atoms. The normalized spacial score (nSPS) is 10.1. The second-order valence-corrected chi connectivity index (χ2v) is 4.80. The molecule has 0 fully saturated rings. The van der Waals surface area contributed by atoms with Gasteiger partial charge >= 0.3 is 5.97 Å². The predicted octanol–water partition coefficient (Wildman–Crippen LogP) is 2.29. The van der Waals surface area contributed by atoms with E-state index in [4.69, 9.17) is 16.7 Å². The molecule has 5 nitrogen and oxygen atoms in total. The summed E-state index contributed by atoms with van der Waals surface area (Å²) in [5.41, 5.74) is 0.668. The third-order valence-electron chi connectivity index (χ3n) is 2.77. The number of hydrogen-bond acceptors (Lipinski definition) is 3. The molecule has 0 saturated heterocycles. The predicted molar refractivity (Wildman–Crippen MR) is 76.6 cm³/mol. The Morgan fingerprint density at radius 2 is 1.81 bits per heavy atom. The van der Waals surface area contributed by atoms with Gasteiger partial charge in [0.15, 0.2) is 0 Å². The van der Waals surface area contributed by atoms with Crippen LogP contribution in [-0.4, -0.2) is 17.0 Å². The minimum atomic E-state index is -1.33. The fourth-order valence-corrected chi connectivity index (χ4v) is 1.89. The van der Waals surface area contributed by atoms with Crippen molar-refractivity contribution in [3.8, 4) is 5.75 Å². The number of halogens is 1. The molecule has 2 aromatic carbocycles. The largest absolute Gasteiger partial charge is 0.872 e. The van der Waals surface area contributed by atoms with Crippen molar-refractivity contribution < 1.29 is 19.8 Å². The molecule has 0 aliphatic carbocycles. The minimum absolute atomic E-state index is 0.124. The maximum Gasteiger partial charge on any atom is 0.335 e. The number of carboxylic acid groups (broad SMARTS) is 1. The van der Waals surface area contributed by atoms with Crippen LogP contribution >= 0.6 is 11.6 Å². The Morgan fingerprint density at radius 1 is 1.14 bits per heavy atom. The van der Waals surface area contributed by atoms with E-state index in [2.05, 4.69) is 5.32 Å². The van der Waals surface area contributed by atoms with E-state index in [0.717, 1.165) is 17.7 Å². The van der Waals surface area contributed by atoms with Gasteiger partial charge in [0.1, 0.15) is 0 Å². The van der Waals surface area contributed by atoms with Gasteiger partial charge in [0, 0.05) is 10.7 Å². The number of aromatic carboxylic acids is 1. The highest BCUT2D eigenvalue weighted by Crippen LogP contribution is 2.19. The highest BCUT2D eigenvalue weighted by atomic mass is 35.5. The zero-order chi connectivity index (χ0) is 15.4. The number of benzene rings is 2. The SMILES string of the molecule is O=C(Cc1ccc(Cl)cc1)Nc1ccc([O-])c(C(=O)O)c1. The molecule has 0 aromatic heterocycles. The number of rotatable bonds is 4. The van der Waals surface area contributed by atoms with Gasteiger partial charge in [0.25, 0.3) is 0 Å². The van der Waals surface area contributed by atoms with Crippen molar-refractivity contribution in [1.29, 1.82) is 0 Å². The van der Waals surface area contributed by atoms with Crippen molar-refractivity contribution in [3.63, 3.8) is 0 Å². The Kier molecular flexibility index (Phi) is 4.45. The summed E-state index contributed by atoms with van der Waals surface area (Å²) in [4.78, 5) is 22.7. The summed E-state index contributed by atoms with van der Waals surface area (Å²) in [5.74, 6) is -2.24. The molecule has 2 N–H and O–H groups in total. The van der Waals surface area contributed by atoms with E-state index in [1.54, 1.807) is 24.3 Å². The van der Waals surface area contributed by atoms with E-state index in [0.29, 0.717) is 5.02 Å². The van der Waals surface area contributed by atoms with Crippen molar-refractivity contribution in [2.24, 2.45) is 0 Å². The van der Waals surface area contributed by atoms with Crippen LogP contribution in [-0.2, 0) is 11.2 Å². The second-order valence-electron chi connectivity index (χ2n) is 4.37. The summed E-state index contributed by atoms with van der Waals surface area (Å²) < 4.78 is 0. The van der Waals surface area contributed by atoms with Crippen molar-refractivity contribution in [1.82, 2.24) is 0 Å². The molecule has 2 rings (SSSR count). The maximum absolute atomic E-state index is 11.9. The first-order valence-corrected chi connectivity index (χ1v) is 6.42. The Bertz CT molecular complexity index is 683. The van der Waals surface area contributed by atoms with Crippen molar-refractivity contribution in [2.45, 2.75) is 6.42 Å². The first-order chi connectivity index (χ1) is 9.95. The number of carbonyl (C=O) groups is 2. The fraction of sp³-hybridized carbons (Fsp3) is 0.0667. The Morgan fingerprint density at radius 3 is 2.43 bits per heavy atom. The van der Waals surface area contributed by atoms with Crippen LogP contribution < -0.4 is 10.4 Å². The maximum atomic E-state index is 11.9. The van der Waals surface area contributed by atoms with Gasteiger partial charge in [0.05, 0.1) is 12.0 Å². The van der Waals surface area contributed by atoms with Crippen LogP contribution in [0, 0.1) is 0 Å². The third-order valence-corrected chi connectivity index (χ3v) is 3.02. The summed E-state index contributed by atoms with van der Waals surface area (Å²) in [6, 6.07) is 10.4. The van der Waals surface area contributed by atoms with Gasteiger partial charge in [-0.1, -0.05) is 35.5 Å². The van der Waals surface area contributed by atoms with Crippen LogP contribution in [0.5, 0.6) is 5.75 Å². The van der Waals surface area contributed by atoms with Crippen LogP contribution in [0.2, 0.25) is 5.02 Å². The number of amides is 1. The Balaban J connectivity index is 2.07. The topological polar surface area (TPSA) is 89.5 Å². The molecule has 21 heavy (non-hydrogen) atoms. The van der Waals surface area contributed by atoms with E-state index < -0.39 is 11.7 Å². The lowest BCUT2D eigenvalue weighted by molar-refractivity contribution is -0.268.